The third kappa shape index (κ3) is 3.03. The average Bonchev–Trinajstić information content (AvgIpc) is 2.89. The van der Waals surface area contributed by atoms with E-state index in [1.54, 1.807) is 17.4 Å². The molecule has 0 aliphatic heterocycles. The monoisotopic (exact) mass is 276 g/mol. The van der Waals surface area contributed by atoms with Crippen LogP contribution in [0.3, 0.4) is 0 Å². The van der Waals surface area contributed by atoms with Crippen LogP contribution >= 0.6 is 11.3 Å². The highest BCUT2D eigenvalue weighted by Crippen LogP contribution is 2.21. The van der Waals surface area contributed by atoms with Crippen LogP contribution in [0.5, 0.6) is 0 Å². The molecule has 0 radical (unpaired) electrons. The Labute approximate surface area is 115 Å². The lowest BCUT2D eigenvalue weighted by atomic mass is 10.2. The van der Waals surface area contributed by atoms with Crippen LogP contribution in [0.25, 0.3) is 0 Å². The van der Waals surface area contributed by atoms with Gasteiger partial charge < -0.3 is 16.4 Å². The molecule has 4 N–H and O–H groups in total. The molecule has 0 unspecified atom stereocenters. The Bertz CT molecular complexity index is 568. The second kappa shape index (κ2) is 5.71. The van der Waals surface area contributed by atoms with E-state index in [9.17, 15) is 4.79 Å². The van der Waals surface area contributed by atoms with E-state index in [0.29, 0.717) is 17.1 Å². The van der Waals surface area contributed by atoms with Crippen LogP contribution in [0.15, 0.2) is 29.8 Å². The van der Waals surface area contributed by atoms with Crippen molar-refractivity contribution in [1.82, 2.24) is 4.98 Å². The standard InChI is InChI=1S/C13H16N4OS/c1-2-17(8-9-4-3-5-19-9)12-6-10(13(15)18)11(14)7-16-12/h3-7H,2,8,14H2,1H3,(H2,15,18). The smallest absolute Gasteiger partial charge is 0.250 e. The molecule has 2 rings (SSSR count). The molecule has 0 saturated heterocycles. The Morgan fingerprint density at radius 3 is 2.89 bits per heavy atom. The number of carbonyl (C=O) groups excluding carboxylic acids is 1. The van der Waals surface area contributed by atoms with Gasteiger partial charge in [-0.2, -0.15) is 0 Å². The van der Waals surface area contributed by atoms with Gasteiger partial charge in [0.15, 0.2) is 0 Å². The number of nitrogens with two attached hydrogens (primary N) is 2. The molecule has 0 fully saturated rings. The number of rotatable bonds is 5. The summed E-state index contributed by atoms with van der Waals surface area (Å²) in [4.78, 5) is 18.9. The van der Waals surface area contributed by atoms with E-state index < -0.39 is 5.91 Å². The predicted octanol–water partition coefficient (Wildman–Crippen LogP) is 1.85. The van der Waals surface area contributed by atoms with Gasteiger partial charge in [0.05, 0.1) is 24.0 Å². The molecule has 5 nitrogen and oxygen atoms in total. The molecule has 0 aromatic carbocycles. The summed E-state index contributed by atoms with van der Waals surface area (Å²) in [7, 11) is 0. The topological polar surface area (TPSA) is 85.2 Å². The van der Waals surface area contributed by atoms with E-state index in [0.717, 1.165) is 13.1 Å². The minimum Gasteiger partial charge on any atom is -0.397 e. The van der Waals surface area contributed by atoms with Gasteiger partial charge in [0.25, 0.3) is 5.91 Å². The van der Waals surface area contributed by atoms with E-state index >= 15 is 0 Å². The fraction of sp³-hybridized carbons (Fsp3) is 0.231. The lowest BCUT2D eigenvalue weighted by molar-refractivity contribution is 0.100. The van der Waals surface area contributed by atoms with Crippen LogP contribution in [0.4, 0.5) is 11.5 Å². The summed E-state index contributed by atoms with van der Waals surface area (Å²) in [6, 6.07) is 5.73. The molecule has 19 heavy (non-hydrogen) atoms. The van der Waals surface area contributed by atoms with Crippen LogP contribution in [0.1, 0.15) is 22.2 Å². The molecular weight excluding hydrogens is 260 g/mol. The molecule has 0 spiro atoms. The maximum absolute atomic E-state index is 11.3. The highest BCUT2D eigenvalue weighted by molar-refractivity contribution is 7.09. The Hall–Kier alpha value is -2.08. The number of nitrogen functional groups attached to an aromatic ring is 1. The van der Waals surface area contributed by atoms with Crippen molar-refractivity contribution in [2.24, 2.45) is 5.73 Å². The molecule has 0 aliphatic rings. The summed E-state index contributed by atoms with van der Waals surface area (Å²) < 4.78 is 0. The van der Waals surface area contributed by atoms with Crippen molar-refractivity contribution in [2.75, 3.05) is 17.2 Å². The summed E-state index contributed by atoms with van der Waals surface area (Å²) >= 11 is 1.69. The molecule has 0 atom stereocenters. The van der Waals surface area contributed by atoms with Crippen LogP contribution in [0.2, 0.25) is 0 Å². The minimum atomic E-state index is -0.534. The van der Waals surface area contributed by atoms with Gasteiger partial charge in [0, 0.05) is 11.4 Å². The number of amides is 1. The van der Waals surface area contributed by atoms with Gasteiger partial charge in [-0.1, -0.05) is 6.07 Å². The highest BCUT2D eigenvalue weighted by Gasteiger charge is 2.12. The minimum absolute atomic E-state index is 0.309. The summed E-state index contributed by atoms with van der Waals surface area (Å²) in [5.74, 6) is 0.173. The van der Waals surface area contributed by atoms with Crippen LogP contribution < -0.4 is 16.4 Å². The van der Waals surface area contributed by atoms with E-state index in [1.807, 2.05) is 18.4 Å². The zero-order valence-corrected chi connectivity index (χ0v) is 11.5. The second-order valence-electron chi connectivity index (χ2n) is 4.09. The quantitative estimate of drug-likeness (QED) is 0.872. The van der Waals surface area contributed by atoms with E-state index in [1.165, 1.54) is 11.1 Å². The van der Waals surface area contributed by atoms with Crippen LogP contribution in [-0.2, 0) is 6.54 Å². The average molecular weight is 276 g/mol. The van der Waals surface area contributed by atoms with Gasteiger partial charge in [-0.25, -0.2) is 4.98 Å². The number of hydrogen-bond donors (Lipinski definition) is 2. The zero-order valence-electron chi connectivity index (χ0n) is 10.7. The number of nitrogens with zero attached hydrogens (tertiary/aromatic N) is 2. The maximum Gasteiger partial charge on any atom is 0.250 e. The molecular formula is C13H16N4OS. The Kier molecular flexibility index (Phi) is 4.01. The van der Waals surface area contributed by atoms with Gasteiger partial charge in [-0.05, 0) is 24.4 Å². The third-order valence-corrected chi connectivity index (χ3v) is 3.68. The van der Waals surface area contributed by atoms with Gasteiger partial charge in [0.2, 0.25) is 0 Å². The van der Waals surface area contributed by atoms with E-state index in [-0.39, 0.29) is 0 Å². The third-order valence-electron chi connectivity index (χ3n) is 2.82. The first kappa shape index (κ1) is 13.4. The largest absolute Gasteiger partial charge is 0.397 e. The highest BCUT2D eigenvalue weighted by atomic mass is 32.1. The predicted molar refractivity (Wildman–Crippen MR) is 78.2 cm³/mol. The van der Waals surface area contributed by atoms with Crippen molar-refractivity contribution >= 4 is 28.7 Å². The summed E-state index contributed by atoms with van der Waals surface area (Å²) in [5.41, 5.74) is 11.6. The maximum atomic E-state index is 11.3. The van der Waals surface area contributed by atoms with E-state index in [4.69, 9.17) is 11.5 Å². The second-order valence-corrected chi connectivity index (χ2v) is 5.12. The fourth-order valence-corrected chi connectivity index (χ4v) is 2.51. The number of primary amides is 1. The number of pyridine rings is 1. The van der Waals surface area contributed by atoms with Gasteiger partial charge >= 0.3 is 0 Å². The number of thiophene rings is 1. The van der Waals surface area contributed by atoms with Crippen LogP contribution in [-0.4, -0.2) is 17.4 Å². The zero-order chi connectivity index (χ0) is 13.8. The lowest BCUT2D eigenvalue weighted by Crippen LogP contribution is -2.24. The van der Waals surface area contributed by atoms with Crippen molar-refractivity contribution in [1.29, 1.82) is 0 Å². The van der Waals surface area contributed by atoms with Crippen molar-refractivity contribution in [3.05, 3.63) is 40.2 Å². The first-order chi connectivity index (χ1) is 9.11. The van der Waals surface area contributed by atoms with Gasteiger partial charge in [-0.15, -0.1) is 11.3 Å². The first-order valence-electron chi connectivity index (χ1n) is 5.94. The Morgan fingerprint density at radius 1 is 1.53 bits per heavy atom. The van der Waals surface area contributed by atoms with E-state index in [2.05, 4.69) is 16.0 Å². The molecule has 0 bridgehead atoms. The molecule has 2 aromatic heterocycles. The normalized spacial score (nSPS) is 10.4. The van der Waals surface area contributed by atoms with Crippen molar-refractivity contribution in [3.63, 3.8) is 0 Å². The summed E-state index contributed by atoms with van der Waals surface area (Å²) in [5, 5.41) is 2.04. The number of anilines is 2. The Balaban J connectivity index is 2.28. The molecule has 2 heterocycles. The fourth-order valence-electron chi connectivity index (χ4n) is 1.79. The van der Waals surface area contributed by atoms with Crippen molar-refractivity contribution < 1.29 is 4.79 Å². The molecule has 0 aliphatic carbocycles. The first-order valence-corrected chi connectivity index (χ1v) is 6.82. The number of aromatic nitrogens is 1. The van der Waals surface area contributed by atoms with Crippen molar-refractivity contribution in [2.45, 2.75) is 13.5 Å². The summed E-state index contributed by atoms with van der Waals surface area (Å²) in [6.07, 6.45) is 1.48. The van der Waals surface area contributed by atoms with Crippen molar-refractivity contribution in [3.8, 4) is 0 Å². The lowest BCUT2D eigenvalue weighted by Gasteiger charge is -2.21. The SMILES string of the molecule is CCN(Cc1cccs1)c1cc(C(N)=O)c(N)cn1. The molecule has 100 valence electrons. The molecule has 0 saturated carbocycles. The summed E-state index contributed by atoms with van der Waals surface area (Å²) in [6.45, 7) is 3.58. The van der Waals surface area contributed by atoms with Crippen LogP contribution in [0, 0.1) is 0 Å². The number of hydrogen-bond acceptors (Lipinski definition) is 5. The molecule has 1 amide bonds. The number of carbonyl (C=O) groups is 1. The Morgan fingerprint density at radius 2 is 2.32 bits per heavy atom. The van der Waals surface area contributed by atoms with Gasteiger partial charge in [-0.3, -0.25) is 4.79 Å². The van der Waals surface area contributed by atoms with Gasteiger partial charge in [0.1, 0.15) is 5.82 Å². The molecule has 6 heteroatoms. The molecule has 2 aromatic rings.